The Balaban J connectivity index is 1.66. The molecular formula is C30H26FN3O7S. The Morgan fingerprint density at radius 1 is 1.21 bits per heavy atom. The zero-order valence-corrected chi connectivity index (χ0v) is 23.8. The molecule has 5 rings (SSSR count). The normalized spacial score (nSPS) is 14.9. The van der Waals surface area contributed by atoms with Crippen molar-refractivity contribution in [3.8, 4) is 17.1 Å². The van der Waals surface area contributed by atoms with Crippen molar-refractivity contribution in [1.82, 2.24) is 4.57 Å². The van der Waals surface area contributed by atoms with Gasteiger partial charge in [0.05, 0.1) is 40.5 Å². The summed E-state index contributed by atoms with van der Waals surface area (Å²) in [6.07, 6.45) is 2.77. The van der Waals surface area contributed by atoms with E-state index < -0.39 is 28.4 Å². The van der Waals surface area contributed by atoms with Gasteiger partial charge in [-0.05, 0) is 55.3 Å². The third kappa shape index (κ3) is 5.40. The molecule has 10 nitrogen and oxygen atoms in total. The lowest BCUT2D eigenvalue weighted by atomic mass is 9.94. The van der Waals surface area contributed by atoms with Gasteiger partial charge in [-0.25, -0.2) is 9.79 Å². The average molecular weight is 592 g/mol. The Morgan fingerprint density at radius 3 is 2.74 bits per heavy atom. The van der Waals surface area contributed by atoms with Gasteiger partial charge in [0.1, 0.15) is 17.3 Å². The summed E-state index contributed by atoms with van der Waals surface area (Å²) in [6, 6.07) is 13.0. The molecule has 0 spiro atoms. The van der Waals surface area contributed by atoms with E-state index in [4.69, 9.17) is 18.9 Å². The van der Waals surface area contributed by atoms with Crippen molar-refractivity contribution in [3.63, 3.8) is 0 Å². The Hall–Kier alpha value is -4.84. The smallest absolute Gasteiger partial charge is 0.338 e. The van der Waals surface area contributed by atoms with Gasteiger partial charge in [0.25, 0.3) is 5.56 Å². The van der Waals surface area contributed by atoms with Crippen LogP contribution >= 0.6 is 11.3 Å². The predicted octanol–water partition coefficient (Wildman–Crippen LogP) is 4.89. The molecule has 12 heteroatoms. The molecule has 0 bridgehead atoms. The molecule has 2 aromatic carbocycles. The highest BCUT2D eigenvalue weighted by atomic mass is 32.1. The molecule has 0 radical (unpaired) electrons. The molecule has 1 aliphatic heterocycles. The highest BCUT2D eigenvalue weighted by Gasteiger charge is 2.34. The first-order chi connectivity index (χ1) is 20.2. The van der Waals surface area contributed by atoms with Crippen LogP contribution in [0.3, 0.4) is 0 Å². The number of thiazole rings is 1. The topological polar surface area (TPSA) is 126 Å². The van der Waals surface area contributed by atoms with E-state index in [1.165, 1.54) is 17.7 Å². The van der Waals surface area contributed by atoms with Crippen LogP contribution in [0.4, 0.5) is 10.1 Å². The fourth-order valence-electron chi connectivity index (χ4n) is 4.77. The standard InChI is InChI=1S/C30H26FN3O7S/c1-4-7-22-26(29(36)40-5-2)27(18-8-6-9-19(14-18)39-3)33-28(35)25(42-30(33)32-22)16-20-11-13-24(41-20)17-10-12-21(31)23(15-17)34(37)38/h6,8-16,27H,4-5,7H2,1-3H3/b25-16-/t27-/m1/s1. The number of carbonyl (C=O) groups is 1. The van der Waals surface area contributed by atoms with E-state index in [2.05, 4.69) is 0 Å². The Labute approximate surface area is 242 Å². The quantitative estimate of drug-likeness (QED) is 0.154. The van der Waals surface area contributed by atoms with Crippen LogP contribution in [-0.4, -0.2) is 29.2 Å². The molecule has 0 saturated heterocycles. The molecule has 3 heterocycles. The lowest BCUT2D eigenvalue weighted by molar-refractivity contribution is -0.387. The van der Waals surface area contributed by atoms with Crippen LogP contribution in [0.5, 0.6) is 5.75 Å². The SMILES string of the molecule is CCCC1=C(C(=O)OCC)[C@@H](c2cccc(OC)c2)n2c(s/c(=C\c3ccc(-c4ccc(F)c([N+](=O)[O-])c4)o3)c2=O)=N1. The molecule has 1 aliphatic rings. The van der Waals surface area contributed by atoms with Gasteiger partial charge >= 0.3 is 11.7 Å². The number of nitro groups is 1. The second kappa shape index (κ2) is 12.0. The maximum atomic E-state index is 13.9. The van der Waals surface area contributed by atoms with Crippen LogP contribution < -0.4 is 19.6 Å². The number of nitrogens with zero attached hydrogens (tertiary/aromatic N) is 3. The molecule has 0 fully saturated rings. The molecule has 0 unspecified atom stereocenters. The number of allylic oxidation sites excluding steroid dienone is 1. The maximum absolute atomic E-state index is 13.9. The van der Waals surface area contributed by atoms with Gasteiger partial charge in [-0.2, -0.15) is 4.39 Å². The summed E-state index contributed by atoms with van der Waals surface area (Å²) < 4.78 is 32.3. The number of rotatable bonds is 9. The number of halogens is 1. The van der Waals surface area contributed by atoms with E-state index in [-0.39, 0.29) is 17.9 Å². The number of aromatic nitrogens is 1. The highest BCUT2D eigenvalue weighted by molar-refractivity contribution is 7.07. The first kappa shape index (κ1) is 28.7. The largest absolute Gasteiger partial charge is 0.497 e. The number of furan rings is 1. The van der Waals surface area contributed by atoms with E-state index in [0.29, 0.717) is 49.7 Å². The van der Waals surface area contributed by atoms with E-state index in [0.717, 1.165) is 29.9 Å². The van der Waals surface area contributed by atoms with Crippen LogP contribution in [0, 0.1) is 15.9 Å². The minimum Gasteiger partial charge on any atom is -0.497 e. The van der Waals surface area contributed by atoms with Crippen LogP contribution in [0.25, 0.3) is 17.4 Å². The number of hydrogen-bond acceptors (Lipinski definition) is 9. The lowest BCUT2D eigenvalue weighted by Crippen LogP contribution is -2.40. The summed E-state index contributed by atoms with van der Waals surface area (Å²) in [5, 5.41) is 11.2. The van der Waals surface area contributed by atoms with Crippen molar-refractivity contribution in [2.24, 2.45) is 4.99 Å². The number of ether oxygens (including phenoxy) is 2. The van der Waals surface area contributed by atoms with Crippen molar-refractivity contribution in [2.75, 3.05) is 13.7 Å². The lowest BCUT2D eigenvalue weighted by Gasteiger charge is -2.26. The minimum absolute atomic E-state index is 0.162. The maximum Gasteiger partial charge on any atom is 0.338 e. The van der Waals surface area contributed by atoms with Gasteiger partial charge in [-0.15, -0.1) is 0 Å². The number of benzene rings is 2. The molecule has 0 aliphatic carbocycles. The summed E-state index contributed by atoms with van der Waals surface area (Å²) in [7, 11) is 1.54. The van der Waals surface area contributed by atoms with Crippen LogP contribution in [0.15, 0.2) is 80.1 Å². The van der Waals surface area contributed by atoms with Crippen molar-refractivity contribution >= 4 is 29.1 Å². The van der Waals surface area contributed by atoms with Crippen molar-refractivity contribution in [3.05, 3.63) is 113 Å². The summed E-state index contributed by atoms with van der Waals surface area (Å²) in [5.74, 6) is -0.362. The first-order valence-electron chi connectivity index (χ1n) is 13.2. The zero-order valence-electron chi connectivity index (χ0n) is 23.0. The second-order valence-electron chi connectivity index (χ2n) is 9.32. The monoisotopic (exact) mass is 591 g/mol. The van der Waals surface area contributed by atoms with Gasteiger partial charge < -0.3 is 13.9 Å². The number of fused-ring (bicyclic) bond motifs is 1. The molecule has 0 N–H and O–H groups in total. The second-order valence-corrected chi connectivity index (χ2v) is 10.3. The van der Waals surface area contributed by atoms with Crippen LogP contribution in [-0.2, 0) is 9.53 Å². The fourth-order valence-corrected chi connectivity index (χ4v) is 5.77. The molecule has 42 heavy (non-hydrogen) atoms. The van der Waals surface area contributed by atoms with E-state index >= 15 is 0 Å². The summed E-state index contributed by atoms with van der Waals surface area (Å²) in [6.45, 7) is 3.86. The first-order valence-corrected chi connectivity index (χ1v) is 14.0. The Bertz CT molecular complexity index is 1900. The van der Waals surface area contributed by atoms with Crippen molar-refractivity contribution in [2.45, 2.75) is 32.7 Å². The Morgan fingerprint density at radius 2 is 2.02 bits per heavy atom. The third-order valence-corrected chi connectivity index (χ3v) is 7.61. The summed E-state index contributed by atoms with van der Waals surface area (Å²) in [5.41, 5.74) is 0.757. The highest BCUT2D eigenvalue weighted by Crippen LogP contribution is 2.34. The van der Waals surface area contributed by atoms with Gasteiger partial charge in [-0.3, -0.25) is 19.5 Å². The predicted molar refractivity (Wildman–Crippen MR) is 153 cm³/mol. The third-order valence-electron chi connectivity index (χ3n) is 6.63. The number of methoxy groups -OCH3 is 1. The minimum atomic E-state index is -0.952. The number of carbonyl (C=O) groups excluding carboxylic acids is 1. The molecule has 4 aromatic rings. The van der Waals surface area contributed by atoms with Gasteiger partial charge in [0.2, 0.25) is 5.82 Å². The molecule has 2 aromatic heterocycles. The zero-order chi connectivity index (χ0) is 30.0. The fraction of sp³-hybridized carbons (Fsp3) is 0.233. The van der Waals surface area contributed by atoms with Crippen LogP contribution in [0.2, 0.25) is 0 Å². The average Bonchev–Trinajstić information content (AvgIpc) is 3.57. The van der Waals surface area contributed by atoms with Gasteiger partial charge in [-0.1, -0.05) is 36.8 Å². The van der Waals surface area contributed by atoms with Crippen molar-refractivity contribution in [1.29, 1.82) is 0 Å². The van der Waals surface area contributed by atoms with Crippen LogP contribution in [0.1, 0.15) is 44.1 Å². The summed E-state index contributed by atoms with van der Waals surface area (Å²) in [4.78, 5) is 42.7. The number of hydrogen-bond donors (Lipinski definition) is 0. The van der Waals surface area contributed by atoms with E-state index in [9.17, 15) is 24.1 Å². The Kier molecular flexibility index (Phi) is 8.16. The van der Waals surface area contributed by atoms with Gasteiger partial charge in [0, 0.05) is 17.7 Å². The molecule has 0 amide bonds. The molecule has 1 atom stereocenters. The molecule has 216 valence electrons. The van der Waals surface area contributed by atoms with Crippen molar-refractivity contribution < 1.29 is 28.0 Å². The van der Waals surface area contributed by atoms with Gasteiger partial charge in [0.15, 0.2) is 4.80 Å². The number of esters is 1. The van der Waals surface area contributed by atoms with E-state index in [1.807, 2.05) is 13.0 Å². The molecular weight excluding hydrogens is 565 g/mol. The molecule has 0 saturated carbocycles. The van der Waals surface area contributed by atoms with E-state index in [1.54, 1.807) is 43.3 Å². The summed E-state index contributed by atoms with van der Waals surface area (Å²) >= 11 is 1.15. The number of nitro benzene ring substituents is 1.